The van der Waals surface area contributed by atoms with Gasteiger partial charge in [0.2, 0.25) is 5.91 Å². The van der Waals surface area contributed by atoms with Crippen molar-refractivity contribution in [3.05, 3.63) is 35.9 Å². The first-order valence-corrected chi connectivity index (χ1v) is 9.48. The highest BCUT2D eigenvalue weighted by atomic mass is 16.5. The molecule has 1 aromatic carbocycles. The lowest BCUT2D eigenvalue weighted by Gasteiger charge is -2.36. The molecule has 3 rings (SSSR count). The smallest absolute Gasteiger partial charge is 0.251 e. The molecule has 2 aliphatic heterocycles. The van der Waals surface area contributed by atoms with E-state index in [9.17, 15) is 9.59 Å². The molecule has 0 bridgehead atoms. The molecule has 1 aromatic rings. The van der Waals surface area contributed by atoms with Crippen LogP contribution in [0.5, 0.6) is 0 Å². The average Bonchev–Trinajstić information content (AvgIpc) is 3.19. The second kappa shape index (κ2) is 8.99. The minimum Gasteiger partial charge on any atom is -0.378 e. The summed E-state index contributed by atoms with van der Waals surface area (Å²) < 4.78 is 5.62. The molecule has 0 unspecified atom stereocenters. The fourth-order valence-corrected chi connectivity index (χ4v) is 3.74. The fourth-order valence-electron chi connectivity index (χ4n) is 3.74. The number of amides is 2. The predicted octanol–water partition coefficient (Wildman–Crippen LogP) is 2.76. The summed E-state index contributed by atoms with van der Waals surface area (Å²) in [6, 6.07) is 9.33. The molecule has 2 atom stereocenters. The van der Waals surface area contributed by atoms with E-state index in [-0.39, 0.29) is 24.0 Å². The monoisotopic (exact) mass is 344 g/mol. The van der Waals surface area contributed by atoms with E-state index in [1.54, 1.807) is 12.1 Å². The van der Waals surface area contributed by atoms with Crippen LogP contribution in [0.4, 0.5) is 0 Å². The molecule has 25 heavy (non-hydrogen) atoms. The number of carbonyl (C=O) groups excluding carboxylic acids is 2. The van der Waals surface area contributed by atoms with Crippen LogP contribution in [0.2, 0.25) is 0 Å². The zero-order valence-electron chi connectivity index (χ0n) is 14.8. The van der Waals surface area contributed by atoms with Gasteiger partial charge in [-0.05, 0) is 50.7 Å². The summed E-state index contributed by atoms with van der Waals surface area (Å²) in [6.07, 6.45) is 6.92. The maximum Gasteiger partial charge on any atom is 0.251 e. The van der Waals surface area contributed by atoms with Crippen molar-refractivity contribution in [2.24, 2.45) is 0 Å². The first kappa shape index (κ1) is 17.9. The summed E-state index contributed by atoms with van der Waals surface area (Å²) >= 11 is 0. The van der Waals surface area contributed by atoms with Gasteiger partial charge < -0.3 is 15.0 Å². The van der Waals surface area contributed by atoms with E-state index in [2.05, 4.69) is 5.32 Å². The quantitative estimate of drug-likeness (QED) is 0.863. The highest BCUT2D eigenvalue weighted by Crippen LogP contribution is 2.21. The third kappa shape index (κ3) is 5.05. The van der Waals surface area contributed by atoms with Crippen molar-refractivity contribution in [3.63, 3.8) is 0 Å². The van der Waals surface area contributed by atoms with Gasteiger partial charge in [0.25, 0.3) is 5.91 Å². The first-order valence-electron chi connectivity index (χ1n) is 9.48. The van der Waals surface area contributed by atoms with Crippen LogP contribution in [0.15, 0.2) is 30.3 Å². The van der Waals surface area contributed by atoms with Gasteiger partial charge in [0.15, 0.2) is 0 Å². The molecule has 0 spiro atoms. The van der Waals surface area contributed by atoms with E-state index >= 15 is 0 Å². The molecule has 2 amide bonds. The summed E-state index contributed by atoms with van der Waals surface area (Å²) in [5.74, 6) is 0.132. The standard InChI is InChI=1S/C20H28N2O3/c23-19(12-11-18-10-6-14-25-18)22-13-5-4-9-17(22)15-21-20(24)16-7-2-1-3-8-16/h1-3,7-8,17-18H,4-6,9-15H2,(H,21,24)/t17-,18-/m0/s1. The van der Waals surface area contributed by atoms with E-state index in [1.165, 1.54) is 0 Å². The van der Waals surface area contributed by atoms with Gasteiger partial charge in [0.1, 0.15) is 0 Å². The summed E-state index contributed by atoms with van der Waals surface area (Å²) in [5.41, 5.74) is 0.662. The van der Waals surface area contributed by atoms with Gasteiger partial charge in [0, 0.05) is 37.7 Å². The molecule has 5 nitrogen and oxygen atoms in total. The summed E-state index contributed by atoms with van der Waals surface area (Å²) in [6.45, 7) is 2.16. The Kier molecular flexibility index (Phi) is 6.45. The number of hydrogen-bond donors (Lipinski definition) is 1. The zero-order valence-corrected chi connectivity index (χ0v) is 14.8. The summed E-state index contributed by atoms with van der Waals surface area (Å²) in [5, 5.41) is 2.99. The molecular weight excluding hydrogens is 316 g/mol. The molecule has 0 radical (unpaired) electrons. The molecule has 1 N–H and O–H groups in total. The van der Waals surface area contributed by atoms with Crippen molar-refractivity contribution in [1.29, 1.82) is 0 Å². The minimum atomic E-state index is -0.0714. The normalized spacial score (nSPS) is 23.4. The van der Waals surface area contributed by atoms with Gasteiger partial charge in [-0.3, -0.25) is 9.59 Å². The van der Waals surface area contributed by atoms with Gasteiger partial charge in [0.05, 0.1) is 6.10 Å². The molecule has 0 saturated carbocycles. The number of benzene rings is 1. The molecule has 2 heterocycles. The maximum absolute atomic E-state index is 12.6. The van der Waals surface area contributed by atoms with Crippen LogP contribution in [-0.4, -0.2) is 48.6 Å². The maximum atomic E-state index is 12.6. The fraction of sp³-hybridized carbons (Fsp3) is 0.600. The average molecular weight is 344 g/mol. The number of likely N-dealkylation sites (tertiary alicyclic amines) is 1. The Morgan fingerprint density at radius 2 is 1.96 bits per heavy atom. The number of rotatable bonds is 6. The van der Waals surface area contributed by atoms with Crippen LogP contribution >= 0.6 is 0 Å². The number of nitrogens with one attached hydrogen (secondary N) is 1. The Morgan fingerprint density at radius 3 is 2.72 bits per heavy atom. The highest BCUT2D eigenvalue weighted by molar-refractivity contribution is 5.94. The first-order chi connectivity index (χ1) is 12.2. The van der Waals surface area contributed by atoms with E-state index in [1.807, 2.05) is 23.1 Å². The van der Waals surface area contributed by atoms with E-state index in [4.69, 9.17) is 4.74 Å². The SMILES string of the molecule is O=C(NC[C@@H]1CCCCN1C(=O)CC[C@@H]1CCCO1)c1ccccc1. The molecule has 2 saturated heterocycles. The van der Waals surface area contributed by atoms with Crippen LogP contribution in [0.3, 0.4) is 0 Å². The molecule has 5 heteroatoms. The van der Waals surface area contributed by atoms with Crippen molar-refractivity contribution in [2.75, 3.05) is 19.7 Å². The van der Waals surface area contributed by atoms with Crippen LogP contribution in [-0.2, 0) is 9.53 Å². The van der Waals surface area contributed by atoms with Crippen LogP contribution in [0.25, 0.3) is 0 Å². The van der Waals surface area contributed by atoms with Gasteiger partial charge >= 0.3 is 0 Å². The molecule has 0 aromatic heterocycles. The van der Waals surface area contributed by atoms with Crippen molar-refractivity contribution < 1.29 is 14.3 Å². The highest BCUT2D eigenvalue weighted by Gasteiger charge is 2.27. The number of carbonyl (C=O) groups is 2. The Balaban J connectivity index is 1.49. The topological polar surface area (TPSA) is 58.6 Å². The van der Waals surface area contributed by atoms with Gasteiger partial charge in [-0.1, -0.05) is 18.2 Å². The Labute approximate surface area is 149 Å². The van der Waals surface area contributed by atoms with E-state index < -0.39 is 0 Å². The van der Waals surface area contributed by atoms with Crippen molar-refractivity contribution in [2.45, 2.75) is 57.1 Å². The minimum absolute atomic E-state index is 0.0714. The van der Waals surface area contributed by atoms with Gasteiger partial charge in [-0.25, -0.2) is 0 Å². The second-order valence-corrected chi connectivity index (χ2v) is 6.99. The lowest BCUT2D eigenvalue weighted by atomic mass is 10.0. The van der Waals surface area contributed by atoms with Crippen molar-refractivity contribution in [1.82, 2.24) is 10.2 Å². The van der Waals surface area contributed by atoms with Gasteiger partial charge in [-0.2, -0.15) is 0 Å². The third-order valence-electron chi connectivity index (χ3n) is 5.19. The zero-order chi connectivity index (χ0) is 17.5. The van der Waals surface area contributed by atoms with Gasteiger partial charge in [-0.15, -0.1) is 0 Å². The summed E-state index contributed by atoms with van der Waals surface area (Å²) in [7, 11) is 0. The number of hydrogen-bond acceptors (Lipinski definition) is 3. The van der Waals surface area contributed by atoms with Crippen LogP contribution in [0, 0.1) is 0 Å². The van der Waals surface area contributed by atoms with E-state index in [0.717, 1.165) is 51.7 Å². The van der Waals surface area contributed by atoms with E-state index in [0.29, 0.717) is 18.5 Å². The van der Waals surface area contributed by atoms with Crippen molar-refractivity contribution >= 4 is 11.8 Å². The molecule has 136 valence electrons. The lowest BCUT2D eigenvalue weighted by Crippen LogP contribution is -2.49. The Morgan fingerprint density at radius 1 is 1.12 bits per heavy atom. The molecule has 2 aliphatic rings. The molecule has 0 aliphatic carbocycles. The molecule has 2 fully saturated rings. The predicted molar refractivity (Wildman–Crippen MR) is 96.3 cm³/mol. The third-order valence-corrected chi connectivity index (χ3v) is 5.19. The number of ether oxygens (including phenoxy) is 1. The number of piperidine rings is 1. The second-order valence-electron chi connectivity index (χ2n) is 6.99. The largest absolute Gasteiger partial charge is 0.378 e. The van der Waals surface area contributed by atoms with Crippen LogP contribution in [0.1, 0.15) is 55.3 Å². The number of nitrogens with zero attached hydrogens (tertiary/aromatic N) is 1. The van der Waals surface area contributed by atoms with Crippen molar-refractivity contribution in [3.8, 4) is 0 Å². The Hall–Kier alpha value is -1.88. The Bertz CT molecular complexity index is 570. The summed E-state index contributed by atoms with van der Waals surface area (Å²) in [4.78, 5) is 26.8. The lowest BCUT2D eigenvalue weighted by molar-refractivity contribution is -0.135. The molecular formula is C20H28N2O3. The van der Waals surface area contributed by atoms with Crippen LogP contribution < -0.4 is 5.32 Å².